The Hall–Kier alpha value is -3.22. The molecule has 1 N–H and O–H groups in total. The van der Waals surface area contributed by atoms with Crippen molar-refractivity contribution in [2.24, 2.45) is 0 Å². The molecule has 0 radical (unpaired) electrons. The Balaban J connectivity index is 1.56. The van der Waals surface area contributed by atoms with Crippen LogP contribution < -0.4 is 10.1 Å². The van der Waals surface area contributed by atoms with Gasteiger partial charge in [0.2, 0.25) is 5.91 Å². The Kier molecular flexibility index (Phi) is 5.36. The summed E-state index contributed by atoms with van der Waals surface area (Å²) in [6.07, 6.45) is 2.53. The van der Waals surface area contributed by atoms with Gasteiger partial charge in [-0.25, -0.2) is 4.68 Å². The molecule has 7 heteroatoms. The van der Waals surface area contributed by atoms with Gasteiger partial charge >= 0.3 is 0 Å². The fraction of sp³-hybridized carbons (Fsp3) is 0.222. The summed E-state index contributed by atoms with van der Waals surface area (Å²) in [5.41, 5.74) is 2.60. The van der Waals surface area contributed by atoms with Crippen LogP contribution in [0.1, 0.15) is 18.9 Å². The van der Waals surface area contributed by atoms with E-state index in [4.69, 9.17) is 4.74 Å². The Morgan fingerprint density at radius 2 is 1.96 bits per heavy atom. The molecule has 0 bridgehead atoms. The van der Waals surface area contributed by atoms with E-state index < -0.39 is 0 Å². The van der Waals surface area contributed by atoms with Crippen molar-refractivity contribution < 1.29 is 9.53 Å². The largest absolute Gasteiger partial charge is 0.494 e. The van der Waals surface area contributed by atoms with E-state index in [1.165, 1.54) is 6.33 Å². The molecule has 1 heterocycles. The number of nitrogens with zero attached hydrogens (tertiary/aromatic N) is 4. The maximum absolute atomic E-state index is 12.2. The van der Waals surface area contributed by atoms with Crippen LogP contribution in [0.5, 0.6) is 5.75 Å². The molecule has 128 valence electrons. The third kappa shape index (κ3) is 4.41. The summed E-state index contributed by atoms with van der Waals surface area (Å²) in [5.74, 6) is 0.796. The van der Waals surface area contributed by atoms with Gasteiger partial charge in [-0.1, -0.05) is 18.2 Å². The fourth-order valence-corrected chi connectivity index (χ4v) is 2.46. The van der Waals surface area contributed by atoms with Gasteiger partial charge in [-0.3, -0.25) is 4.79 Å². The lowest BCUT2D eigenvalue weighted by Gasteiger charge is -2.10. The van der Waals surface area contributed by atoms with Gasteiger partial charge in [-0.05, 0) is 59.7 Å². The van der Waals surface area contributed by atoms with Gasteiger partial charge in [-0.15, -0.1) is 5.10 Å². The summed E-state index contributed by atoms with van der Waals surface area (Å²) >= 11 is 0. The number of aromatic nitrogens is 4. The minimum Gasteiger partial charge on any atom is -0.494 e. The lowest BCUT2D eigenvalue weighted by atomic mass is 10.1. The van der Waals surface area contributed by atoms with Crippen molar-refractivity contribution in [1.82, 2.24) is 20.2 Å². The summed E-state index contributed by atoms with van der Waals surface area (Å²) < 4.78 is 7.14. The highest BCUT2D eigenvalue weighted by atomic mass is 16.5. The van der Waals surface area contributed by atoms with Crippen molar-refractivity contribution >= 4 is 11.6 Å². The first-order valence-corrected chi connectivity index (χ1v) is 8.10. The van der Waals surface area contributed by atoms with E-state index in [1.54, 1.807) is 4.68 Å². The summed E-state index contributed by atoms with van der Waals surface area (Å²) in [7, 11) is 0. The number of para-hydroxylation sites is 1. The number of benzene rings is 2. The van der Waals surface area contributed by atoms with E-state index in [-0.39, 0.29) is 5.91 Å². The Morgan fingerprint density at radius 3 is 2.68 bits per heavy atom. The molecule has 25 heavy (non-hydrogen) atoms. The fourth-order valence-electron chi connectivity index (χ4n) is 2.46. The molecule has 1 amide bonds. The van der Waals surface area contributed by atoms with Crippen molar-refractivity contribution in [3.05, 3.63) is 60.4 Å². The number of nitrogens with one attached hydrogen (secondary N) is 1. The second-order valence-electron chi connectivity index (χ2n) is 5.39. The molecule has 3 aromatic rings. The Bertz CT molecular complexity index is 816. The second kappa shape index (κ2) is 8.05. The molecule has 0 aliphatic heterocycles. The lowest BCUT2D eigenvalue weighted by Crippen LogP contribution is -2.12. The van der Waals surface area contributed by atoms with Crippen molar-refractivity contribution in [2.45, 2.75) is 19.8 Å². The average Bonchev–Trinajstić information content (AvgIpc) is 3.17. The van der Waals surface area contributed by atoms with E-state index in [2.05, 4.69) is 20.8 Å². The van der Waals surface area contributed by atoms with Crippen LogP contribution in [0.4, 0.5) is 5.69 Å². The van der Waals surface area contributed by atoms with Crippen LogP contribution in [0.2, 0.25) is 0 Å². The first-order valence-electron chi connectivity index (χ1n) is 8.10. The number of amides is 1. The first kappa shape index (κ1) is 16.6. The van der Waals surface area contributed by atoms with E-state index >= 15 is 0 Å². The molecule has 2 aromatic carbocycles. The zero-order chi connectivity index (χ0) is 17.5. The molecule has 3 rings (SSSR count). The molecule has 0 aliphatic carbocycles. The third-order valence-corrected chi connectivity index (χ3v) is 3.66. The Labute approximate surface area is 145 Å². The number of rotatable bonds is 7. The van der Waals surface area contributed by atoms with E-state index in [9.17, 15) is 4.79 Å². The maximum atomic E-state index is 12.2. The molecule has 0 aliphatic rings. The van der Waals surface area contributed by atoms with E-state index in [0.29, 0.717) is 19.4 Å². The molecule has 7 nitrogen and oxygen atoms in total. The Morgan fingerprint density at radius 1 is 1.16 bits per heavy atom. The number of hydrogen-bond acceptors (Lipinski definition) is 5. The number of tetrazole rings is 1. The van der Waals surface area contributed by atoms with Crippen molar-refractivity contribution in [3.63, 3.8) is 0 Å². The van der Waals surface area contributed by atoms with Crippen LogP contribution in [0.25, 0.3) is 5.69 Å². The zero-order valence-electron chi connectivity index (χ0n) is 13.9. The van der Waals surface area contributed by atoms with Crippen LogP contribution in [0.3, 0.4) is 0 Å². The maximum Gasteiger partial charge on any atom is 0.224 e. The lowest BCUT2D eigenvalue weighted by molar-refractivity contribution is -0.116. The van der Waals surface area contributed by atoms with Gasteiger partial charge in [0.15, 0.2) is 0 Å². The smallest absolute Gasteiger partial charge is 0.224 e. The molecule has 0 unspecified atom stereocenters. The number of anilines is 1. The van der Waals surface area contributed by atoms with Gasteiger partial charge in [0.05, 0.1) is 12.3 Å². The van der Waals surface area contributed by atoms with Crippen molar-refractivity contribution in [2.75, 3.05) is 11.9 Å². The standard InChI is InChI=1S/C18H19N5O2/c1-2-25-17-6-4-3-5-14(17)7-12-18(24)20-15-8-10-16(11-9-15)23-13-19-21-22-23/h3-6,8-11,13H,2,7,12H2,1H3,(H,20,24). The molecule has 1 aromatic heterocycles. The average molecular weight is 337 g/mol. The number of hydrogen-bond donors (Lipinski definition) is 1. The van der Waals surface area contributed by atoms with Crippen LogP contribution in [-0.4, -0.2) is 32.7 Å². The van der Waals surface area contributed by atoms with Gasteiger partial charge in [-0.2, -0.15) is 0 Å². The molecule has 0 spiro atoms. The summed E-state index contributed by atoms with van der Waals surface area (Å²) in [5, 5.41) is 13.9. The molecule has 0 fully saturated rings. The summed E-state index contributed by atoms with van der Waals surface area (Å²) in [6.45, 7) is 2.55. The summed E-state index contributed by atoms with van der Waals surface area (Å²) in [4.78, 5) is 12.2. The molecule has 0 atom stereocenters. The topological polar surface area (TPSA) is 81.9 Å². The van der Waals surface area contributed by atoms with E-state index in [1.807, 2.05) is 55.5 Å². The number of ether oxygens (including phenoxy) is 1. The SMILES string of the molecule is CCOc1ccccc1CCC(=O)Nc1ccc(-n2cnnn2)cc1. The van der Waals surface area contributed by atoms with Gasteiger partial charge < -0.3 is 10.1 Å². The number of aryl methyl sites for hydroxylation is 1. The quantitative estimate of drug-likeness (QED) is 0.717. The van der Waals surface area contributed by atoms with Crippen LogP contribution >= 0.6 is 0 Å². The predicted octanol–water partition coefficient (Wildman–Crippen LogP) is 2.63. The first-order chi connectivity index (χ1) is 12.3. The van der Waals surface area contributed by atoms with E-state index in [0.717, 1.165) is 22.7 Å². The van der Waals surface area contributed by atoms with Gasteiger partial charge in [0.25, 0.3) is 0 Å². The second-order valence-corrected chi connectivity index (χ2v) is 5.39. The highest BCUT2D eigenvalue weighted by Crippen LogP contribution is 2.20. The minimum atomic E-state index is -0.0403. The van der Waals surface area contributed by atoms with Crippen molar-refractivity contribution in [3.8, 4) is 11.4 Å². The van der Waals surface area contributed by atoms with Crippen molar-refractivity contribution in [1.29, 1.82) is 0 Å². The zero-order valence-corrected chi connectivity index (χ0v) is 13.9. The molecular weight excluding hydrogens is 318 g/mol. The molecular formula is C18H19N5O2. The van der Waals surface area contributed by atoms with Gasteiger partial charge in [0.1, 0.15) is 12.1 Å². The number of carbonyl (C=O) groups excluding carboxylic acids is 1. The third-order valence-electron chi connectivity index (χ3n) is 3.66. The number of carbonyl (C=O) groups is 1. The minimum absolute atomic E-state index is 0.0403. The molecule has 0 saturated carbocycles. The monoisotopic (exact) mass is 337 g/mol. The highest BCUT2D eigenvalue weighted by molar-refractivity contribution is 5.90. The van der Waals surface area contributed by atoms with Crippen LogP contribution in [0, 0.1) is 0 Å². The predicted molar refractivity (Wildman–Crippen MR) is 93.7 cm³/mol. The molecule has 0 saturated heterocycles. The van der Waals surface area contributed by atoms with Crippen LogP contribution in [-0.2, 0) is 11.2 Å². The highest BCUT2D eigenvalue weighted by Gasteiger charge is 2.07. The van der Waals surface area contributed by atoms with Gasteiger partial charge in [0, 0.05) is 12.1 Å². The normalized spacial score (nSPS) is 10.4. The van der Waals surface area contributed by atoms with Crippen LogP contribution in [0.15, 0.2) is 54.9 Å². The summed E-state index contributed by atoms with van der Waals surface area (Å²) in [6, 6.07) is 15.1.